The van der Waals surface area contributed by atoms with Gasteiger partial charge in [0.15, 0.2) is 21.3 Å². The van der Waals surface area contributed by atoms with Crippen molar-refractivity contribution in [2.45, 2.75) is 24.2 Å². The van der Waals surface area contributed by atoms with E-state index in [2.05, 4.69) is 28.7 Å². The van der Waals surface area contributed by atoms with Gasteiger partial charge < -0.3 is 19.7 Å². The van der Waals surface area contributed by atoms with Crippen molar-refractivity contribution in [2.75, 3.05) is 26.1 Å². The van der Waals surface area contributed by atoms with Crippen LogP contribution < -0.4 is 4.74 Å². The Labute approximate surface area is 201 Å². The Hall–Kier alpha value is -1.88. The highest BCUT2D eigenvalue weighted by molar-refractivity contribution is 14.1. The number of aliphatic hydroxyl groups excluding tert-OH is 1. The number of rotatable bonds is 7. The molecule has 0 aromatic heterocycles. The van der Waals surface area contributed by atoms with Crippen LogP contribution in [-0.2, 0) is 14.6 Å². The van der Waals surface area contributed by atoms with E-state index in [1.807, 2.05) is 36.4 Å². The van der Waals surface area contributed by atoms with Crippen molar-refractivity contribution in [3.05, 3.63) is 68.3 Å². The average Bonchev–Trinajstić information content (AvgIpc) is 3.33. The summed E-state index contributed by atoms with van der Waals surface area (Å²) in [6.07, 6.45) is 3.00. The van der Waals surface area contributed by atoms with Crippen LogP contribution >= 0.6 is 22.6 Å². The third-order valence-electron chi connectivity index (χ3n) is 5.98. The Morgan fingerprint density at radius 2 is 2.03 bits per heavy atom. The molecular weight excluding hydrogens is 543 g/mol. The molecule has 2 aliphatic heterocycles. The van der Waals surface area contributed by atoms with Crippen molar-refractivity contribution in [3.8, 4) is 11.5 Å². The third kappa shape index (κ3) is 4.59. The van der Waals surface area contributed by atoms with Crippen LogP contribution in [0.4, 0.5) is 0 Å². The number of phenolic OH excluding ortho intramolecular Hbond substituents is 1. The van der Waals surface area contributed by atoms with Gasteiger partial charge in [-0.15, -0.1) is 0 Å². The second-order valence-corrected chi connectivity index (χ2v) is 11.3. The molecule has 8 heteroatoms. The zero-order valence-corrected chi connectivity index (χ0v) is 20.6. The minimum absolute atomic E-state index is 0.0729. The van der Waals surface area contributed by atoms with Crippen molar-refractivity contribution >= 4 is 44.1 Å². The number of allylic oxidation sites excluding steroid dienone is 1. The first-order valence-electron chi connectivity index (χ1n) is 10.3. The van der Waals surface area contributed by atoms with E-state index in [1.165, 1.54) is 7.11 Å². The number of phenols is 1. The van der Waals surface area contributed by atoms with Gasteiger partial charge in [0.25, 0.3) is 0 Å². The molecule has 2 atom stereocenters. The zero-order valence-electron chi connectivity index (χ0n) is 17.6. The predicted octanol–water partition coefficient (Wildman–Crippen LogP) is 3.81. The normalized spacial score (nSPS) is 22.3. The monoisotopic (exact) mass is 568 g/mol. The lowest BCUT2D eigenvalue weighted by Crippen LogP contribution is -2.19. The van der Waals surface area contributed by atoms with E-state index in [0.717, 1.165) is 22.3 Å². The molecule has 1 saturated heterocycles. The maximum atomic E-state index is 12.4. The van der Waals surface area contributed by atoms with E-state index >= 15 is 0 Å². The lowest BCUT2D eigenvalue weighted by Gasteiger charge is -2.15. The third-order valence-corrected chi connectivity index (χ3v) is 8.81. The highest BCUT2D eigenvalue weighted by atomic mass is 127. The average molecular weight is 568 g/mol. The van der Waals surface area contributed by atoms with E-state index in [-0.39, 0.29) is 30.8 Å². The number of sulfone groups is 1. The van der Waals surface area contributed by atoms with Crippen molar-refractivity contribution in [2.24, 2.45) is 0 Å². The van der Waals surface area contributed by atoms with Crippen molar-refractivity contribution in [1.82, 2.24) is 0 Å². The molecule has 2 heterocycles. The number of hydrogen-bond acceptors (Lipinski definition) is 6. The molecule has 1 fully saturated rings. The molecule has 0 aliphatic carbocycles. The fourth-order valence-electron chi connectivity index (χ4n) is 4.42. The fourth-order valence-corrected chi connectivity index (χ4v) is 6.98. The van der Waals surface area contributed by atoms with Crippen LogP contribution in [0.2, 0.25) is 0 Å². The van der Waals surface area contributed by atoms with Crippen LogP contribution in [0.1, 0.15) is 24.0 Å². The Kier molecular flexibility index (Phi) is 6.94. The Morgan fingerprint density at radius 3 is 2.72 bits per heavy atom. The van der Waals surface area contributed by atoms with Crippen LogP contribution in [0, 0.1) is 3.57 Å². The summed E-state index contributed by atoms with van der Waals surface area (Å²) in [5.74, 6) is 0.450. The van der Waals surface area contributed by atoms with Gasteiger partial charge in [-0.25, -0.2) is 8.42 Å². The number of methoxy groups -OCH3 is 1. The van der Waals surface area contributed by atoms with Crippen LogP contribution in [0.5, 0.6) is 11.5 Å². The molecule has 2 aromatic rings. The SMILES string of the molecule is COc1cc(/C=C(/CC[C@H]2OC[C@H]3C2=C(CO)CS3(=O)=O)c2ccccc2)cc(I)c1O. The number of aromatic hydroxyl groups is 1. The summed E-state index contributed by atoms with van der Waals surface area (Å²) in [7, 11) is -1.77. The van der Waals surface area contributed by atoms with E-state index < -0.39 is 15.1 Å². The van der Waals surface area contributed by atoms with Crippen LogP contribution in [0.25, 0.3) is 11.6 Å². The Morgan fingerprint density at radius 1 is 1.28 bits per heavy atom. The minimum atomic E-state index is -3.29. The lowest BCUT2D eigenvalue weighted by atomic mass is 9.93. The second kappa shape index (κ2) is 9.54. The highest BCUT2D eigenvalue weighted by Gasteiger charge is 2.46. The summed E-state index contributed by atoms with van der Waals surface area (Å²) in [6.45, 7) is -0.0956. The standard InChI is InChI=1S/C24H25IO6S/c1-30-21-11-15(10-19(25)24(21)27)9-17(16-5-3-2-4-6-16)7-8-20-23-18(12-26)14-32(28,29)22(23)13-31-20/h2-6,9-11,20,22,26-27H,7-8,12-14H2,1H3/b17-9-/t20-,22+/m1/s1. The first-order chi connectivity index (χ1) is 15.3. The number of hydrogen-bond donors (Lipinski definition) is 2. The molecule has 0 amide bonds. The van der Waals surface area contributed by atoms with Gasteiger partial charge in [-0.1, -0.05) is 36.4 Å². The molecule has 6 nitrogen and oxygen atoms in total. The van der Waals surface area contributed by atoms with E-state index in [4.69, 9.17) is 9.47 Å². The summed E-state index contributed by atoms with van der Waals surface area (Å²) >= 11 is 2.07. The first-order valence-corrected chi connectivity index (χ1v) is 13.1. The molecule has 0 bridgehead atoms. The van der Waals surface area contributed by atoms with Crippen LogP contribution in [0.3, 0.4) is 0 Å². The van der Waals surface area contributed by atoms with Gasteiger partial charge in [0.2, 0.25) is 0 Å². The summed E-state index contributed by atoms with van der Waals surface area (Å²) in [5.41, 5.74) is 4.35. The first kappa shape index (κ1) is 23.3. The highest BCUT2D eigenvalue weighted by Crippen LogP contribution is 2.39. The number of benzene rings is 2. The zero-order chi connectivity index (χ0) is 22.9. The van der Waals surface area contributed by atoms with Gasteiger partial charge >= 0.3 is 0 Å². The molecule has 2 aromatic carbocycles. The maximum absolute atomic E-state index is 12.4. The summed E-state index contributed by atoms with van der Waals surface area (Å²) in [6, 6.07) is 13.7. The van der Waals surface area contributed by atoms with Crippen LogP contribution in [0.15, 0.2) is 53.6 Å². The van der Waals surface area contributed by atoms with Crippen molar-refractivity contribution in [1.29, 1.82) is 0 Å². The molecule has 170 valence electrons. The topological polar surface area (TPSA) is 93.1 Å². The molecule has 0 radical (unpaired) electrons. The second-order valence-electron chi connectivity index (χ2n) is 7.96. The largest absolute Gasteiger partial charge is 0.504 e. The molecule has 32 heavy (non-hydrogen) atoms. The molecule has 4 rings (SSSR count). The Bertz CT molecular complexity index is 1170. The van der Waals surface area contributed by atoms with Gasteiger partial charge in [-0.05, 0) is 75.4 Å². The predicted molar refractivity (Wildman–Crippen MR) is 132 cm³/mol. The molecule has 0 unspecified atom stereocenters. The fraction of sp³-hybridized carbons (Fsp3) is 0.333. The van der Waals surface area contributed by atoms with Gasteiger partial charge in [0, 0.05) is 0 Å². The molecule has 2 aliphatic rings. The Balaban J connectivity index is 1.64. The molecule has 0 spiro atoms. The maximum Gasteiger partial charge on any atom is 0.171 e. The van der Waals surface area contributed by atoms with Crippen molar-refractivity contribution in [3.63, 3.8) is 0 Å². The van der Waals surface area contributed by atoms with E-state index in [0.29, 0.717) is 27.7 Å². The molecule has 0 saturated carbocycles. The smallest absolute Gasteiger partial charge is 0.171 e. The summed E-state index contributed by atoms with van der Waals surface area (Å²) < 4.78 is 36.7. The number of ether oxygens (including phenoxy) is 2. The quantitative estimate of drug-likeness (QED) is 0.300. The molecular formula is C24H25IO6S. The number of fused-ring (bicyclic) bond motifs is 1. The van der Waals surface area contributed by atoms with Gasteiger partial charge in [-0.2, -0.15) is 0 Å². The van der Waals surface area contributed by atoms with Crippen molar-refractivity contribution < 1.29 is 28.1 Å². The van der Waals surface area contributed by atoms with E-state index in [1.54, 1.807) is 6.07 Å². The van der Waals surface area contributed by atoms with E-state index in [9.17, 15) is 18.6 Å². The summed E-state index contributed by atoms with van der Waals surface area (Å²) in [4.78, 5) is 0. The lowest BCUT2D eigenvalue weighted by molar-refractivity contribution is 0.118. The summed E-state index contributed by atoms with van der Waals surface area (Å²) in [5, 5.41) is 19.2. The number of halogens is 1. The van der Waals surface area contributed by atoms with Gasteiger partial charge in [-0.3, -0.25) is 0 Å². The molecule has 2 N–H and O–H groups in total. The van der Waals surface area contributed by atoms with Gasteiger partial charge in [0.05, 0.1) is 35.8 Å². The minimum Gasteiger partial charge on any atom is -0.504 e. The van der Waals surface area contributed by atoms with Crippen LogP contribution in [-0.4, -0.2) is 56.1 Å². The van der Waals surface area contributed by atoms with Gasteiger partial charge in [0.1, 0.15) is 5.25 Å². The number of aliphatic hydroxyl groups is 1.